The van der Waals surface area contributed by atoms with Gasteiger partial charge in [0.15, 0.2) is 0 Å². The first-order valence-electron chi connectivity index (χ1n) is 5.27. The van der Waals surface area contributed by atoms with E-state index in [4.69, 9.17) is 0 Å². The fraction of sp³-hybridized carbons (Fsp3) is 0.154. The number of esters is 2. The largest absolute Gasteiger partial charge is 0.465 e. The van der Waals surface area contributed by atoms with Gasteiger partial charge in [0.1, 0.15) is 0 Å². The normalized spacial score (nSPS) is 9.37. The molecule has 0 bridgehead atoms. The van der Waals surface area contributed by atoms with Gasteiger partial charge >= 0.3 is 11.9 Å². The van der Waals surface area contributed by atoms with Crippen molar-refractivity contribution in [1.29, 1.82) is 0 Å². The van der Waals surface area contributed by atoms with Crippen LogP contribution >= 0.6 is 0 Å². The van der Waals surface area contributed by atoms with Gasteiger partial charge in [-0.25, -0.2) is 9.59 Å². The second kappa shape index (κ2) is 6.34. The van der Waals surface area contributed by atoms with E-state index >= 15 is 0 Å². The van der Waals surface area contributed by atoms with Crippen LogP contribution in [0, 0.1) is 0 Å². The molecule has 6 heteroatoms. The van der Waals surface area contributed by atoms with Crippen molar-refractivity contribution in [2.75, 3.05) is 19.5 Å². The number of anilines is 1. The van der Waals surface area contributed by atoms with E-state index in [1.807, 2.05) is 0 Å². The Morgan fingerprint density at radius 1 is 1.16 bits per heavy atom. The van der Waals surface area contributed by atoms with Gasteiger partial charge in [-0.3, -0.25) is 4.79 Å². The van der Waals surface area contributed by atoms with Crippen LogP contribution in [-0.4, -0.2) is 32.1 Å². The lowest BCUT2D eigenvalue weighted by Crippen LogP contribution is -2.14. The summed E-state index contributed by atoms with van der Waals surface area (Å²) in [7, 11) is 2.45. The van der Waals surface area contributed by atoms with Gasteiger partial charge < -0.3 is 14.8 Å². The van der Waals surface area contributed by atoms with Crippen molar-refractivity contribution in [3.63, 3.8) is 0 Å². The molecule has 0 saturated heterocycles. The van der Waals surface area contributed by atoms with Crippen LogP contribution in [0.15, 0.2) is 30.9 Å². The maximum Gasteiger partial charge on any atom is 0.339 e. The topological polar surface area (TPSA) is 81.7 Å². The fourth-order valence-electron chi connectivity index (χ4n) is 1.36. The van der Waals surface area contributed by atoms with Crippen LogP contribution in [0.5, 0.6) is 0 Å². The molecular weight excluding hydrogens is 250 g/mol. The molecule has 0 atom stereocenters. The Morgan fingerprint density at radius 3 is 2.32 bits per heavy atom. The number of rotatable bonds is 4. The van der Waals surface area contributed by atoms with Crippen LogP contribution in [0.4, 0.5) is 5.69 Å². The molecular formula is C13H13NO5. The highest BCUT2D eigenvalue weighted by molar-refractivity contribution is 6.06. The molecule has 0 aromatic heterocycles. The third kappa shape index (κ3) is 3.41. The van der Waals surface area contributed by atoms with Crippen molar-refractivity contribution in [2.24, 2.45) is 0 Å². The molecule has 6 nitrogen and oxygen atoms in total. The highest BCUT2D eigenvalue weighted by atomic mass is 16.5. The third-order valence-electron chi connectivity index (χ3n) is 2.29. The Morgan fingerprint density at radius 2 is 1.79 bits per heavy atom. The zero-order valence-electron chi connectivity index (χ0n) is 10.6. The Labute approximate surface area is 110 Å². The molecule has 0 fully saturated rings. The van der Waals surface area contributed by atoms with Crippen LogP contribution in [0.3, 0.4) is 0 Å². The SMILES string of the molecule is C=CC(=O)Nc1cc(C(=O)OC)ccc1C(=O)OC. The molecule has 0 radical (unpaired) electrons. The zero-order chi connectivity index (χ0) is 14.4. The average Bonchev–Trinajstić information content (AvgIpc) is 2.45. The van der Waals surface area contributed by atoms with E-state index in [0.717, 1.165) is 6.08 Å². The minimum atomic E-state index is -0.629. The van der Waals surface area contributed by atoms with Gasteiger partial charge in [-0.2, -0.15) is 0 Å². The lowest BCUT2D eigenvalue weighted by molar-refractivity contribution is -0.111. The van der Waals surface area contributed by atoms with Crippen LogP contribution in [0.25, 0.3) is 0 Å². The first-order valence-corrected chi connectivity index (χ1v) is 5.27. The highest BCUT2D eigenvalue weighted by Gasteiger charge is 2.16. The van der Waals surface area contributed by atoms with E-state index in [0.29, 0.717) is 0 Å². The van der Waals surface area contributed by atoms with E-state index in [1.54, 1.807) is 0 Å². The Balaban J connectivity index is 3.25. The highest BCUT2D eigenvalue weighted by Crippen LogP contribution is 2.19. The van der Waals surface area contributed by atoms with Gasteiger partial charge in [0.25, 0.3) is 0 Å². The summed E-state index contributed by atoms with van der Waals surface area (Å²) in [4.78, 5) is 34.2. The van der Waals surface area contributed by atoms with Crippen LogP contribution < -0.4 is 5.32 Å². The maximum absolute atomic E-state index is 11.5. The predicted octanol–water partition coefficient (Wildman–Crippen LogP) is 1.38. The number of hydrogen-bond donors (Lipinski definition) is 1. The molecule has 0 aliphatic heterocycles. The Hall–Kier alpha value is -2.63. The fourth-order valence-corrected chi connectivity index (χ4v) is 1.36. The van der Waals surface area contributed by atoms with E-state index < -0.39 is 17.8 Å². The van der Waals surface area contributed by atoms with Crippen molar-refractivity contribution in [3.05, 3.63) is 42.0 Å². The van der Waals surface area contributed by atoms with Crippen LogP contribution in [-0.2, 0) is 14.3 Å². The molecule has 1 amide bonds. The van der Waals surface area contributed by atoms with Gasteiger partial charge in [-0.05, 0) is 24.3 Å². The van der Waals surface area contributed by atoms with Gasteiger partial charge in [-0.1, -0.05) is 6.58 Å². The number of methoxy groups -OCH3 is 2. The molecule has 1 rings (SSSR count). The lowest BCUT2D eigenvalue weighted by atomic mass is 10.1. The first kappa shape index (κ1) is 14.4. The quantitative estimate of drug-likeness (QED) is 0.655. The summed E-state index contributed by atoms with van der Waals surface area (Å²) in [5.74, 6) is -1.71. The van der Waals surface area contributed by atoms with Crippen LogP contribution in [0.1, 0.15) is 20.7 Å². The smallest absolute Gasteiger partial charge is 0.339 e. The first-order chi connectivity index (χ1) is 9.03. The molecule has 0 spiro atoms. The van der Waals surface area contributed by atoms with Crippen LogP contribution in [0.2, 0.25) is 0 Å². The molecule has 100 valence electrons. The number of amides is 1. The molecule has 0 unspecified atom stereocenters. The standard InChI is InChI=1S/C13H13NO5/c1-4-11(15)14-10-7-8(12(16)18-2)5-6-9(10)13(17)19-3/h4-7H,1H2,2-3H3,(H,14,15). The monoisotopic (exact) mass is 263 g/mol. The van der Waals surface area contributed by atoms with Gasteiger partial charge in [-0.15, -0.1) is 0 Å². The van der Waals surface area contributed by atoms with E-state index in [9.17, 15) is 14.4 Å². The van der Waals surface area contributed by atoms with E-state index in [2.05, 4.69) is 21.4 Å². The van der Waals surface area contributed by atoms with Crippen molar-refractivity contribution in [2.45, 2.75) is 0 Å². The number of benzene rings is 1. The summed E-state index contributed by atoms with van der Waals surface area (Å²) in [6, 6.07) is 4.11. The summed E-state index contributed by atoms with van der Waals surface area (Å²) in [5.41, 5.74) is 0.486. The second-order valence-electron chi connectivity index (χ2n) is 3.44. The third-order valence-corrected chi connectivity index (χ3v) is 2.29. The Kier molecular flexibility index (Phi) is 4.82. The average molecular weight is 263 g/mol. The zero-order valence-corrected chi connectivity index (χ0v) is 10.6. The van der Waals surface area contributed by atoms with Crippen molar-refractivity contribution >= 4 is 23.5 Å². The van der Waals surface area contributed by atoms with Gasteiger partial charge in [0.2, 0.25) is 5.91 Å². The number of nitrogens with one attached hydrogen (secondary N) is 1. The summed E-state index contributed by atoms with van der Waals surface area (Å²) in [6.07, 6.45) is 1.05. The summed E-state index contributed by atoms with van der Waals surface area (Å²) in [5, 5.41) is 2.43. The molecule has 0 aliphatic carbocycles. The minimum absolute atomic E-state index is 0.130. The molecule has 0 saturated carbocycles. The number of carbonyl (C=O) groups excluding carboxylic acids is 3. The molecule has 0 heterocycles. The molecule has 1 aromatic rings. The summed E-state index contributed by atoms with van der Waals surface area (Å²) < 4.78 is 9.15. The maximum atomic E-state index is 11.5. The molecule has 19 heavy (non-hydrogen) atoms. The molecule has 0 aliphatic rings. The van der Waals surface area contributed by atoms with E-state index in [-0.39, 0.29) is 16.8 Å². The second-order valence-corrected chi connectivity index (χ2v) is 3.44. The van der Waals surface area contributed by atoms with E-state index in [1.165, 1.54) is 32.4 Å². The van der Waals surface area contributed by atoms with Crippen molar-refractivity contribution in [3.8, 4) is 0 Å². The number of carbonyl (C=O) groups is 3. The number of hydrogen-bond acceptors (Lipinski definition) is 5. The van der Waals surface area contributed by atoms with Gasteiger partial charge in [0, 0.05) is 0 Å². The summed E-state index contributed by atoms with van der Waals surface area (Å²) in [6.45, 7) is 3.31. The number of ether oxygens (including phenoxy) is 2. The summed E-state index contributed by atoms with van der Waals surface area (Å²) >= 11 is 0. The van der Waals surface area contributed by atoms with Crippen molar-refractivity contribution < 1.29 is 23.9 Å². The lowest BCUT2D eigenvalue weighted by Gasteiger charge is -2.10. The molecule has 1 aromatic carbocycles. The Bertz CT molecular complexity index is 536. The minimum Gasteiger partial charge on any atom is -0.465 e. The van der Waals surface area contributed by atoms with Gasteiger partial charge in [0.05, 0.1) is 31.0 Å². The van der Waals surface area contributed by atoms with Crippen molar-refractivity contribution in [1.82, 2.24) is 0 Å². The molecule has 1 N–H and O–H groups in total. The predicted molar refractivity (Wildman–Crippen MR) is 67.9 cm³/mol.